The number of nitrogens with zero attached hydrogens (tertiary/aromatic N) is 1. The average molecular weight is 182 g/mol. The van der Waals surface area contributed by atoms with Gasteiger partial charge in [-0.1, -0.05) is 6.92 Å². The maximum Gasteiger partial charge on any atom is 0.492 e. The Morgan fingerprint density at radius 3 is 2.25 bits per heavy atom. The summed E-state index contributed by atoms with van der Waals surface area (Å²) in [6, 6.07) is 0. The summed E-state index contributed by atoms with van der Waals surface area (Å²) in [6.45, 7) is -2.64. The molecule has 1 rings (SSSR count). The number of likely N-dealkylation sites (tertiary alicyclic amines) is 1. The second-order valence-electron chi connectivity index (χ2n) is 3.46. The van der Waals surface area contributed by atoms with Gasteiger partial charge in [-0.05, 0) is 12.9 Å². The van der Waals surface area contributed by atoms with Gasteiger partial charge in [0.2, 0.25) is 0 Å². The summed E-state index contributed by atoms with van der Waals surface area (Å²) in [5.41, 5.74) is -0.860. The number of hydrogen-bond acceptors (Lipinski definition) is 2. The molecule has 0 spiro atoms. The lowest BCUT2D eigenvalue weighted by Gasteiger charge is -2.48. The molecule has 0 amide bonds. The Morgan fingerprint density at radius 1 is 1.42 bits per heavy atom. The molecule has 1 fully saturated rings. The van der Waals surface area contributed by atoms with Gasteiger partial charge in [0.25, 0.3) is 0 Å². The van der Waals surface area contributed by atoms with Crippen LogP contribution in [0.4, 0.5) is 12.9 Å². The van der Waals surface area contributed by atoms with Crippen LogP contribution in [0.5, 0.6) is 0 Å². The molecule has 0 aromatic heterocycles. The van der Waals surface area contributed by atoms with Crippen molar-refractivity contribution in [3.8, 4) is 0 Å². The lowest BCUT2D eigenvalue weighted by molar-refractivity contribution is -0.0944. The maximum atomic E-state index is 11.8. The van der Waals surface area contributed by atoms with Crippen LogP contribution in [-0.4, -0.2) is 42.1 Å². The van der Waals surface area contributed by atoms with Crippen LogP contribution >= 0.6 is 0 Å². The summed E-state index contributed by atoms with van der Waals surface area (Å²) >= 11 is 0. The quantitative estimate of drug-likeness (QED) is 0.653. The first-order valence-corrected chi connectivity index (χ1v) is 4.00. The molecule has 0 saturated carbocycles. The van der Waals surface area contributed by atoms with E-state index in [1.165, 1.54) is 4.90 Å². The molecule has 0 unspecified atom stereocenters. The smallest absolute Gasteiger partial charge is 0.448 e. The van der Waals surface area contributed by atoms with Crippen LogP contribution in [0.25, 0.3) is 0 Å². The van der Waals surface area contributed by atoms with Gasteiger partial charge in [0.05, 0.1) is 5.60 Å². The lowest BCUT2D eigenvalue weighted by Crippen LogP contribution is -2.63. The van der Waals surface area contributed by atoms with Gasteiger partial charge < -0.3 is 23.0 Å². The Labute approximate surface area is 69.4 Å². The van der Waals surface area contributed by atoms with E-state index in [-0.39, 0.29) is 13.1 Å². The molecule has 1 N–H and O–H groups in total. The molecule has 12 heavy (non-hydrogen) atoms. The lowest BCUT2D eigenvalue weighted by atomic mass is 9.84. The van der Waals surface area contributed by atoms with Gasteiger partial charge in [-0.3, -0.25) is 0 Å². The molecule has 0 bridgehead atoms. The van der Waals surface area contributed by atoms with E-state index in [4.69, 9.17) is 0 Å². The van der Waals surface area contributed by atoms with Gasteiger partial charge in [0, 0.05) is 13.1 Å². The highest BCUT2D eigenvalue weighted by Gasteiger charge is 2.42. The standard InChI is InChI=1S/C6H12BF3NO/c1-2-6(12)3-11(4-6)5-7(8,9)10/h12H,2-5H2,1H3/q-1. The Hall–Kier alpha value is -0.225. The molecular formula is C6H12BF3NO-. The molecule has 0 aromatic rings. The van der Waals surface area contributed by atoms with Gasteiger partial charge >= 0.3 is 6.98 Å². The van der Waals surface area contributed by atoms with Crippen LogP contribution in [-0.2, 0) is 0 Å². The predicted octanol–water partition coefficient (Wildman–Crippen LogP) is 0.830. The minimum absolute atomic E-state index is 0.157. The van der Waals surface area contributed by atoms with E-state index in [1.54, 1.807) is 6.92 Å². The summed E-state index contributed by atoms with van der Waals surface area (Å²) in [5.74, 6) is 0. The highest BCUT2D eigenvalue weighted by atomic mass is 19.4. The summed E-state index contributed by atoms with van der Waals surface area (Å²) in [5, 5.41) is 9.38. The van der Waals surface area contributed by atoms with Crippen molar-refractivity contribution in [1.82, 2.24) is 4.90 Å². The fourth-order valence-corrected chi connectivity index (χ4v) is 1.43. The number of halogens is 3. The molecule has 1 aliphatic heterocycles. The monoisotopic (exact) mass is 182 g/mol. The van der Waals surface area contributed by atoms with Crippen LogP contribution in [0.2, 0.25) is 0 Å². The number of rotatable bonds is 3. The van der Waals surface area contributed by atoms with E-state index in [2.05, 4.69) is 0 Å². The Balaban J connectivity index is 2.26. The van der Waals surface area contributed by atoms with E-state index in [9.17, 15) is 18.1 Å². The molecule has 2 nitrogen and oxygen atoms in total. The third-order valence-electron chi connectivity index (χ3n) is 2.16. The first kappa shape index (κ1) is 9.86. The topological polar surface area (TPSA) is 23.5 Å². The van der Waals surface area contributed by atoms with Crippen molar-refractivity contribution in [3.05, 3.63) is 0 Å². The molecule has 72 valence electrons. The molecule has 1 saturated heterocycles. The van der Waals surface area contributed by atoms with Crippen LogP contribution in [0.15, 0.2) is 0 Å². The number of β-amino-alcohol motifs (C(OH)–C–C–N with tert-alkyl or cyclic N) is 1. The minimum atomic E-state index is -4.73. The third-order valence-corrected chi connectivity index (χ3v) is 2.16. The van der Waals surface area contributed by atoms with Gasteiger partial charge in [-0.15, -0.1) is 0 Å². The van der Waals surface area contributed by atoms with Crippen molar-refractivity contribution >= 4 is 6.98 Å². The third kappa shape index (κ3) is 2.38. The van der Waals surface area contributed by atoms with E-state index in [0.717, 1.165) is 0 Å². The van der Waals surface area contributed by atoms with Crippen molar-refractivity contribution in [2.45, 2.75) is 18.9 Å². The normalized spacial score (nSPS) is 23.8. The molecule has 1 heterocycles. The largest absolute Gasteiger partial charge is 0.492 e. The van der Waals surface area contributed by atoms with Crippen molar-refractivity contribution in [2.24, 2.45) is 0 Å². The maximum absolute atomic E-state index is 11.8. The second-order valence-corrected chi connectivity index (χ2v) is 3.46. The zero-order chi connectivity index (χ0) is 9.41. The van der Waals surface area contributed by atoms with Gasteiger partial charge in [0.1, 0.15) is 0 Å². The predicted molar refractivity (Wildman–Crippen MR) is 40.8 cm³/mol. The second kappa shape index (κ2) is 2.92. The first-order valence-electron chi connectivity index (χ1n) is 4.00. The summed E-state index contributed by atoms with van der Waals surface area (Å²) in [6.07, 6.45) is -0.323. The van der Waals surface area contributed by atoms with E-state index in [1.807, 2.05) is 0 Å². The molecule has 0 radical (unpaired) electrons. The first-order chi connectivity index (χ1) is 5.35. The fraction of sp³-hybridized carbons (Fsp3) is 1.00. The zero-order valence-corrected chi connectivity index (χ0v) is 6.93. The van der Waals surface area contributed by atoms with Crippen LogP contribution < -0.4 is 0 Å². The molecule has 0 atom stereocenters. The molecular weight excluding hydrogens is 170 g/mol. The Kier molecular flexibility index (Phi) is 2.40. The average Bonchev–Trinajstić information content (AvgIpc) is 1.81. The number of aliphatic hydroxyl groups is 1. The van der Waals surface area contributed by atoms with Crippen molar-refractivity contribution in [2.75, 3.05) is 19.5 Å². The molecule has 6 heteroatoms. The molecule has 0 aromatic carbocycles. The van der Waals surface area contributed by atoms with Crippen molar-refractivity contribution < 1.29 is 18.1 Å². The van der Waals surface area contributed by atoms with Gasteiger partial charge in [0.15, 0.2) is 0 Å². The summed E-state index contributed by atoms with van der Waals surface area (Å²) in [4.78, 5) is 1.23. The highest BCUT2D eigenvalue weighted by molar-refractivity contribution is 6.58. The molecule has 1 aliphatic rings. The van der Waals surface area contributed by atoms with E-state index in [0.29, 0.717) is 6.42 Å². The van der Waals surface area contributed by atoms with Crippen molar-refractivity contribution in [1.29, 1.82) is 0 Å². The fourth-order valence-electron chi connectivity index (χ4n) is 1.43. The van der Waals surface area contributed by atoms with Crippen molar-refractivity contribution in [3.63, 3.8) is 0 Å². The number of hydrogen-bond donors (Lipinski definition) is 1. The minimum Gasteiger partial charge on any atom is -0.448 e. The van der Waals surface area contributed by atoms with Crippen LogP contribution in [0.3, 0.4) is 0 Å². The zero-order valence-electron chi connectivity index (χ0n) is 6.93. The SMILES string of the molecule is CCC1(O)CN(C[B-](F)(F)F)C1. The molecule has 0 aliphatic carbocycles. The Bertz CT molecular complexity index is 167. The van der Waals surface area contributed by atoms with E-state index < -0.39 is 19.0 Å². The Morgan fingerprint density at radius 2 is 1.92 bits per heavy atom. The summed E-state index contributed by atoms with van der Waals surface area (Å²) < 4.78 is 35.5. The summed E-state index contributed by atoms with van der Waals surface area (Å²) in [7, 11) is 0. The van der Waals surface area contributed by atoms with Gasteiger partial charge in [-0.2, -0.15) is 0 Å². The van der Waals surface area contributed by atoms with Crippen LogP contribution in [0, 0.1) is 0 Å². The highest BCUT2D eigenvalue weighted by Crippen LogP contribution is 2.26. The van der Waals surface area contributed by atoms with E-state index >= 15 is 0 Å². The van der Waals surface area contributed by atoms with Gasteiger partial charge in [-0.25, -0.2) is 0 Å². The van der Waals surface area contributed by atoms with Crippen LogP contribution in [0.1, 0.15) is 13.3 Å².